The molecule has 1 saturated heterocycles. The van der Waals surface area contributed by atoms with Crippen LogP contribution in [-0.4, -0.2) is 45.2 Å². The van der Waals surface area contributed by atoms with Crippen molar-refractivity contribution in [2.45, 2.75) is 38.1 Å². The van der Waals surface area contributed by atoms with Crippen molar-refractivity contribution in [2.24, 2.45) is 11.8 Å². The lowest BCUT2D eigenvalue weighted by molar-refractivity contribution is 0.0697. The SMILES string of the molecule is COc1cc(C2Nc3ccc(C(=O)N4CCC(C)CC4)cc3C3C=CCC32)cc(OC)c1OC. The predicted molar refractivity (Wildman–Crippen MR) is 133 cm³/mol. The summed E-state index contributed by atoms with van der Waals surface area (Å²) < 4.78 is 16.7. The molecule has 180 valence electrons. The van der Waals surface area contributed by atoms with E-state index in [1.54, 1.807) is 21.3 Å². The molecule has 0 saturated carbocycles. The zero-order chi connectivity index (χ0) is 23.8. The molecule has 0 radical (unpaired) electrons. The molecule has 3 unspecified atom stereocenters. The number of nitrogens with zero attached hydrogens (tertiary/aromatic N) is 1. The Labute approximate surface area is 201 Å². The molecule has 2 aliphatic heterocycles. The van der Waals surface area contributed by atoms with Crippen LogP contribution in [0.15, 0.2) is 42.5 Å². The van der Waals surface area contributed by atoms with E-state index in [9.17, 15) is 4.79 Å². The molecule has 1 aliphatic carbocycles. The second-order valence-electron chi connectivity index (χ2n) is 9.71. The summed E-state index contributed by atoms with van der Waals surface area (Å²) in [4.78, 5) is 15.2. The van der Waals surface area contributed by atoms with Crippen LogP contribution in [0.5, 0.6) is 17.2 Å². The average Bonchev–Trinajstić information content (AvgIpc) is 3.37. The molecule has 1 N–H and O–H groups in total. The summed E-state index contributed by atoms with van der Waals surface area (Å²) >= 11 is 0. The first-order valence-electron chi connectivity index (χ1n) is 12.2. The molecule has 0 spiro atoms. The van der Waals surface area contributed by atoms with Gasteiger partial charge in [-0.1, -0.05) is 19.1 Å². The Bertz CT molecular complexity index is 1080. The Morgan fingerprint density at radius 2 is 1.71 bits per heavy atom. The van der Waals surface area contributed by atoms with Gasteiger partial charge in [0.25, 0.3) is 5.91 Å². The summed E-state index contributed by atoms with van der Waals surface area (Å²) in [5.74, 6) is 3.37. The smallest absolute Gasteiger partial charge is 0.253 e. The third kappa shape index (κ3) is 3.89. The van der Waals surface area contributed by atoms with Gasteiger partial charge in [-0.3, -0.25) is 4.79 Å². The van der Waals surface area contributed by atoms with Crippen molar-refractivity contribution < 1.29 is 19.0 Å². The first-order valence-corrected chi connectivity index (χ1v) is 12.2. The Kier molecular flexibility index (Phi) is 6.15. The maximum Gasteiger partial charge on any atom is 0.253 e. The van der Waals surface area contributed by atoms with Gasteiger partial charge in [-0.2, -0.15) is 0 Å². The van der Waals surface area contributed by atoms with E-state index in [0.29, 0.717) is 29.1 Å². The van der Waals surface area contributed by atoms with Crippen molar-refractivity contribution in [3.8, 4) is 17.2 Å². The molecule has 0 aromatic heterocycles. The maximum absolute atomic E-state index is 13.2. The van der Waals surface area contributed by atoms with E-state index in [1.807, 2.05) is 23.1 Å². The minimum absolute atomic E-state index is 0.0892. The third-order valence-corrected chi connectivity index (χ3v) is 7.73. The fourth-order valence-corrected chi connectivity index (χ4v) is 5.73. The average molecular weight is 463 g/mol. The number of likely N-dealkylation sites (tertiary alicyclic amines) is 1. The first kappa shape index (κ1) is 22.6. The number of methoxy groups -OCH3 is 3. The van der Waals surface area contributed by atoms with Gasteiger partial charge in [-0.15, -0.1) is 0 Å². The number of carbonyl (C=O) groups excluding carboxylic acids is 1. The molecule has 2 aromatic rings. The second-order valence-corrected chi connectivity index (χ2v) is 9.71. The van der Waals surface area contributed by atoms with E-state index in [2.05, 4.69) is 36.5 Å². The number of allylic oxidation sites excluding steroid dienone is 2. The van der Waals surface area contributed by atoms with Crippen LogP contribution in [0.3, 0.4) is 0 Å². The maximum atomic E-state index is 13.2. The van der Waals surface area contributed by atoms with Crippen molar-refractivity contribution in [1.29, 1.82) is 0 Å². The number of amides is 1. The summed E-state index contributed by atoms with van der Waals surface area (Å²) in [6.45, 7) is 3.97. The van der Waals surface area contributed by atoms with E-state index in [0.717, 1.165) is 49.2 Å². The normalized spacial score (nSPS) is 23.6. The molecule has 34 heavy (non-hydrogen) atoms. The number of anilines is 1. The highest BCUT2D eigenvalue weighted by Gasteiger charge is 2.39. The van der Waals surface area contributed by atoms with Crippen LogP contribution in [0, 0.1) is 11.8 Å². The van der Waals surface area contributed by atoms with Crippen LogP contribution in [-0.2, 0) is 0 Å². The minimum Gasteiger partial charge on any atom is -0.493 e. The number of nitrogens with one attached hydrogen (secondary N) is 1. The second kappa shape index (κ2) is 9.24. The van der Waals surface area contributed by atoms with Crippen molar-refractivity contribution >= 4 is 11.6 Å². The number of hydrogen-bond donors (Lipinski definition) is 1. The number of rotatable bonds is 5. The van der Waals surface area contributed by atoms with Crippen molar-refractivity contribution in [2.75, 3.05) is 39.7 Å². The number of piperidine rings is 1. The summed E-state index contributed by atoms with van der Waals surface area (Å²) in [5.41, 5.74) is 4.18. The van der Waals surface area contributed by atoms with E-state index in [1.165, 1.54) is 5.56 Å². The highest BCUT2D eigenvalue weighted by molar-refractivity contribution is 5.95. The van der Waals surface area contributed by atoms with E-state index >= 15 is 0 Å². The highest BCUT2D eigenvalue weighted by atomic mass is 16.5. The van der Waals surface area contributed by atoms with Crippen LogP contribution >= 0.6 is 0 Å². The molecular weight excluding hydrogens is 428 g/mol. The first-order chi connectivity index (χ1) is 16.5. The fraction of sp³-hybridized carbons (Fsp3) is 0.464. The lowest BCUT2D eigenvalue weighted by Gasteiger charge is -2.38. The van der Waals surface area contributed by atoms with Crippen LogP contribution in [0.4, 0.5) is 5.69 Å². The fourth-order valence-electron chi connectivity index (χ4n) is 5.73. The van der Waals surface area contributed by atoms with E-state index in [-0.39, 0.29) is 17.9 Å². The van der Waals surface area contributed by atoms with E-state index < -0.39 is 0 Å². The van der Waals surface area contributed by atoms with Gasteiger partial charge < -0.3 is 24.4 Å². The van der Waals surface area contributed by atoms with Crippen molar-refractivity contribution in [1.82, 2.24) is 4.90 Å². The van der Waals surface area contributed by atoms with Gasteiger partial charge in [0.05, 0.1) is 27.4 Å². The highest BCUT2D eigenvalue weighted by Crippen LogP contribution is 2.52. The van der Waals surface area contributed by atoms with Gasteiger partial charge in [0, 0.05) is 30.3 Å². The van der Waals surface area contributed by atoms with Crippen LogP contribution in [0.25, 0.3) is 0 Å². The summed E-state index contributed by atoms with van der Waals surface area (Å²) in [5, 5.41) is 3.76. The molecule has 1 fully saturated rings. The summed E-state index contributed by atoms with van der Waals surface area (Å²) in [6, 6.07) is 10.3. The van der Waals surface area contributed by atoms with Gasteiger partial charge in [-0.25, -0.2) is 0 Å². The Morgan fingerprint density at radius 3 is 2.35 bits per heavy atom. The zero-order valence-corrected chi connectivity index (χ0v) is 20.5. The third-order valence-electron chi connectivity index (χ3n) is 7.73. The number of benzene rings is 2. The molecule has 3 atom stereocenters. The Balaban J connectivity index is 1.47. The lowest BCUT2D eigenvalue weighted by atomic mass is 9.76. The molecule has 2 aromatic carbocycles. The molecule has 0 bridgehead atoms. The Morgan fingerprint density at radius 1 is 1.00 bits per heavy atom. The monoisotopic (exact) mass is 462 g/mol. The van der Waals surface area contributed by atoms with Crippen molar-refractivity contribution in [3.63, 3.8) is 0 Å². The van der Waals surface area contributed by atoms with Crippen LogP contribution in [0.2, 0.25) is 0 Å². The summed E-state index contributed by atoms with van der Waals surface area (Å²) in [6.07, 6.45) is 7.70. The molecule has 6 nitrogen and oxygen atoms in total. The summed E-state index contributed by atoms with van der Waals surface area (Å²) in [7, 11) is 4.91. The predicted octanol–water partition coefficient (Wildman–Crippen LogP) is 5.41. The van der Waals surface area contributed by atoms with Gasteiger partial charge in [0.2, 0.25) is 5.75 Å². The Hall–Kier alpha value is -3.15. The molecular formula is C28H34N2O4. The number of carbonyl (C=O) groups is 1. The molecule has 5 rings (SSSR count). The van der Waals surface area contributed by atoms with Gasteiger partial charge in [0.15, 0.2) is 11.5 Å². The quantitative estimate of drug-likeness (QED) is 0.602. The minimum atomic E-state index is 0.0892. The topological polar surface area (TPSA) is 60.0 Å². The number of ether oxygens (including phenoxy) is 3. The van der Waals surface area contributed by atoms with Gasteiger partial charge in [-0.05, 0) is 72.6 Å². The molecule has 1 amide bonds. The zero-order valence-electron chi connectivity index (χ0n) is 20.5. The molecule has 3 aliphatic rings. The van der Waals surface area contributed by atoms with Crippen LogP contribution in [0.1, 0.15) is 59.6 Å². The molecule has 6 heteroatoms. The largest absolute Gasteiger partial charge is 0.493 e. The number of hydrogen-bond acceptors (Lipinski definition) is 5. The number of fused-ring (bicyclic) bond motifs is 3. The standard InChI is InChI=1S/C28H34N2O4/c1-17-10-12-30(13-11-17)28(31)18-8-9-23-22(14-18)20-6-5-7-21(20)26(29-23)19-15-24(32-2)27(34-4)25(16-19)33-3/h5-6,8-9,14-17,20-21,26,29H,7,10-13H2,1-4H3. The van der Waals surface area contributed by atoms with Crippen molar-refractivity contribution in [3.05, 3.63) is 59.2 Å². The molecule has 2 heterocycles. The lowest BCUT2D eigenvalue weighted by Crippen LogP contribution is -2.38. The van der Waals surface area contributed by atoms with Gasteiger partial charge >= 0.3 is 0 Å². The van der Waals surface area contributed by atoms with Gasteiger partial charge in [0.1, 0.15) is 0 Å². The van der Waals surface area contributed by atoms with E-state index in [4.69, 9.17) is 14.2 Å². The van der Waals surface area contributed by atoms with Crippen LogP contribution < -0.4 is 19.5 Å².